The lowest BCUT2D eigenvalue weighted by molar-refractivity contribution is 0.497. The molecule has 0 spiro atoms. The second-order valence-corrected chi connectivity index (χ2v) is 3.60. The fraction of sp³-hybridized carbons (Fsp3) is 0.400. The fourth-order valence-corrected chi connectivity index (χ4v) is 1.49. The third kappa shape index (κ3) is 2.67. The zero-order chi connectivity index (χ0) is 10.6. The van der Waals surface area contributed by atoms with Gasteiger partial charge in [0.05, 0.1) is 5.02 Å². The average molecular weight is 217 g/mol. The molecular formula is C10H14ClFN2. The van der Waals surface area contributed by atoms with Gasteiger partial charge < -0.3 is 0 Å². The van der Waals surface area contributed by atoms with Crippen LogP contribution in [-0.4, -0.2) is 6.04 Å². The van der Waals surface area contributed by atoms with E-state index in [2.05, 4.69) is 5.43 Å². The molecule has 0 aliphatic rings. The quantitative estimate of drug-likeness (QED) is 0.599. The van der Waals surface area contributed by atoms with Crippen molar-refractivity contribution in [3.8, 4) is 0 Å². The predicted octanol–water partition coefficient (Wildman–Crippen LogP) is 2.26. The lowest BCUT2D eigenvalue weighted by Gasteiger charge is -2.13. The lowest BCUT2D eigenvalue weighted by atomic mass is 10.0. The van der Waals surface area contributed by atoms with Crippen molar-refractivity contribution in [2.24, 2.45) is 5.84 Å². The minimum absolute atomic E-state index is 0.0861. The second kappa shape index (κ2) is 5.29. The number of nitrogens with two attached hydrogens (primary N) is 1. The molecule has 0 saturated heterocycles. The van der Waals surface area contributed by atoms with E-state index in [0.717, 1.165) is 6.42 Å². The lowest BCUT2D eigenvalue weighted by Crippen LogP contribution is -2.36. The van der Waals surface area contributed by atoms with Gasteiger partial charge in [-0.15, -0.1) is 0 Å². The van der Waals surface area contributed by atoms with Crippen molar-refractivity contribution in [2.75, 3.05) is 0 Å². The van der Waals surface area contributed by atoms with Gasteiger partial charge in [0.2, 0.25) is 0 Å². The van der Waals surface area contributed by atoms with Crippen molar-refractivity contribution in [3.63, 3.8) is 0 Å². The number of hydrazine groups is 1. The van der Waals surface area contributed by atoms with E-state index in [1.807, 2.05) is 6.92 Å². The van der Waals surface area contributed by atoms with Gasteiger partial charge in [-0.1, -0.05) is 30.7 Å². The van der Waals surface area contributed by atoms with Gasteiger partial charge >= 0.3 is 0 Å². The Bertz CT molecular complexity index is 300. The summed E-state index contributed by atoms with van der Waals surface area (Å²) in [7, 11) is 0. The Morgan fingerprint density at radius 3 is 2.86 bits per heavy atom. The Hall–Kier alpha value is -0.640. The topological polar surface area (TPSA) is 38.0 Å². The van der Waals surface area contributed by atoms with Gasteiger partial charge in [0, 0.05) is 6.04 Å². The Kier molecular flexibility index (Phi) is 4.32. The van der Waals surface area contributed by atoms with Crippen LogP contribution in [0, 0.1) is 5.82 Å². The number of nitrogens with one attached hydrogen (secondary N) is 1. The summed E-state index contributed by atoms with van der Waals surface area (Å²) < 4.78 is 13.4. The number of halogens is 2. The summed E-state index contributed by atoms with van der Waals surface area (Å²) in [6.45, 7) is 1.99. The van der Waals surface area contributed by atoms with Crippen LogP contribution < -0.4 is 11.3 Å². The van der Waals surface area contributed by atoms with Gasteiger partial charge in [0.1, 0.15) is 5.82 Å². The minimum atomic E-state index is -0.345. The maximum atomic E-state index is 13.4. The summed E-state index contributed by atoms with van der Waals surface area (Å²) in [5, 5.41) is 0.161. The van der Waals surface area contributed by atoms with E-state index in [1.165, 1.54) is 6.07 Å². The Balaban J connectivity index is 2.80. The standard InChI is InChI=1S/C10H14ClFN2/c1-2-8(14-13)6-7-4-3-5-9(11)10(7)12/h3-5,8,14H,2,6,13H2,1H3. The molecular weight excluding hydrogens is 203 g/mol. The van der Waals surface area contributed by atoms with Crippen LogP contribution in [0.2, 0.25) is 5.02 Å². The number of hydrogen-bond donors (Lipinski definition) is 2. The Morgan fingerprint density at radius 1 is 1.57 bits per heavy atom. The van der Waals surface area contributed by atoms with Crippen LogP contribution >= 0.6 is 11.6 Å². The molecule has 0 bridgehead atoms. The number of benzene rings is 1. The molecule has 0 saturated carbocycles. The number of hydrogen-bond acceptors (Lipinski definition) is 2. The van der Waals surface area contributed by atoms with Crippen molar-refractivity contribution in [1.29, 1.82) is 0 Å². The van der Waals surface area contributed by atoms with Crippen LogP contribution in [0.25, 0.3) is 0 Å². The monoisotopic (exact) mass is 216 g/mol. The Labute approximate surface area is 88.2 Å². The first-order valence-electron chi connectivity index (χ1n) is 4.58. The molecule has 3 N–H and O–H groups in total. The summed E-state index contributed by atoms with van der Waals surface area (Å²) in [6.07, 6.45) is 1.40. The third-order valence-corrected chi connectivity index (χ3v) is 2.52. The first-order valence-corrected chi connectivity index (χ1v) is 4.95. The molecule has 0 radical (unpaired) electrons. The molecule has 14 heavy (non-hydrogen) atoms. The molecule has 0 aliphatic carbocycles. The van der Waals surface area contributed by atoms with Crippen LogP contribution in [0.4, 0.5) is 4.39 Å². The molecule has 2 nitrogen and oxygen atoms in total. The minimum Gasteiger partial charge on any atom is -0.271 e. The van der Waals surface area contributed by atoms with Crippen LogP contribution in [0.15, 0.2) is 18.2 Å². The van der Waals surface area contributed by atoms with Crippen LogP contribution in [0.1, 0.15) is 18.9 Å². The molecule has 0 aromatic heterocycles. The van der Waals surface area contributed by atoms with E-state index in [0.29, 0.717) is 12.0 Å². The van der Waals surface area contributed by atoms with Crippen LogP contribution in [0.5, 0.6) is 0 Å². The molecule has 1 unspecified atom stereocenters. The van der Waals surface area contributed by atoms with E-state index in [4.69, 9.17) is 17.4 Å². The summed E-state index contributed by atoms with van der Waals surface area (Å²) in [5.41, 5.74) is 3.24. The predicted molar refractivity (Wildman–Crippen MR) is 56.5 cm³/mol. The highest BCUT2D eigenvalue weighted by atomic mass is 35.5. The van der Waals surface area contributed by atoms with Crippen molar-refractivity contribution >= 4 is 11.6 Å². The Morgan fingerprint density at radius 2 is 2.29 bits per heavy atom. The molecule has 1 rings (SSSR count). The smallest absolute Gasteiger partial charge is 0.145 e. The molecule has 0 heterocycles. The molecule has 78 valence electrons. The van der Waals surface area contributed by atoms with Crippen molar-refractivity contribution in [3.05, 3.63) is 34.6 Å². The average Bonchev–Trinajstić information content (AvgIpc) is 2.20. The van der Waals surface area contributed by atoms with E-state index in [9.17, 15) is 4.39 Å². The summed E-state index contributed by atoms with van der Waals surface area (Å²) in [6, 6.07) is 5.09. The van der Waals surface area contributed by atoms with Gasteiger partial charge in [-0.2, -0.15) is 0 Å². The summed E-state index contributed by atoms with van der Waals surface area (Å²) in [5.74, 6) is 4.97. The van der Waals surface area contributed by atoms with Gasteiger partial charge in [-0.05, 0) is 24.5 Å². The zero-order valence-electron chi connectivity index (χ0n) is 8.06. The first-order chi connectivity index (χ1) is 6.69. The molecule has 1 aromatic carbocycles. The molecule has 4 heteroatoms. The summed E-state index contributed by atoms with van der Waals surface area (Å²) in [4.78, 5) is 0. The second-order valence-electron chi connectivity index (χ2n) is 3.19. The van der Waals surface area contributed by atoms with E-state index < -0.39 is 0 Å². The van der Waals surface area contributed by atoms with Crippen molar-refractivity contribution in [1.82, 2.24) is 5.43 Å². The van der Waals surface area contributed by atoms with Crippen LogP contribution in [0.3, 0.4) is 0 Å². The van der Waals surface area contributed by atoms with Gasteiger partial charge in [-0.25, -0.2) is 4.39 Å². The maximum absolute atomic E-state index is 13.4. The normalized spacial score (nSPS) is 12.9. The van der Waals surface area contributed by atoms with Crippen molar-refractivity contribution in [2.45, 2.75) is 25.8 Å². The highest BCUT2D eigenvalue weighted by Crippen LogP contribution is 2.19. The van der Waals surface area contributed by atoms with Crippen LogP contribution in [-0.2, 0) is 6.42 Å². The fourth-order valence-electron chi connectivity index (χ4n) is 1.29. The van der Waals surface area contributed by atoms with E-state index in [1.54, 1.807) is 12.1 Å². The van der Waals surface area contributed by atoms with E-state index >= 15 is 0 Å². The van der Waals surface area contributed by atoms with Crippen molar-refractivity contribution < 1.29 is 4.39 Å². The first kappa shape index (κ1) is 11.4. The van der Waals surface area contributed by atoms with Gasteiger partial charge in [0.25, 0.3) is 0 Å². The van der Waals surface area contributed by atoms with E-state index in [-0.39, 0.29) is 16.9 Å². The highest BCUT2D eigenvalue weighted by molar-refractivity contribution is 6.30. The molecule has 1 atom stereocenters. The SMILES string of the molecule is CCC(Cc1cccc(Cl)c1F)NN. The highest BCUT2D eigenvalue weighted by Gasteiger charge is 2.10. The third-order valence-electron chi connectivity index (χ3n) is 2.23. The molecule has 0 fully saturated rings. The zero-order valence-corrected chi connectivity index (χ0v) is 8.81. The molecule has 0 amide bonds. The number of rotatable bonds is 4. The summed E-state index contributed by atoms with van der Waals surface area (Å²) >= 11 is 5.66. The molecule has 1 aromatic rings. The van der Waals surface area contributed by atoms with Gasteiger partial charge in [0.15, 0.2) is 0 Å². The maximum Gasteiger partial charge on any atom is 0.145 e. The molecule has 0 aliphatic heterocycles. The largest absolute Gasteiger partial charge is 0.271 e. The van der Waals surface area contributed by atoms with Gasteiger partial charge in [-0.3, -0.25) is 11.3 Å².